The summed E-state index contributed by atoms with van der Waals surface area (Å²) in [6.45, 7) is 6.16. The zero-order valence-corrected chi connectivity index (χ0v) is 20.9. The van der Waals surface area contributed by atoms with E-state index in [4.69, 9.17) is 29.4 Å². The predicted molar refractivity (Wildman–Crippen MR) is 130 cm³/mol. The third kappa shape index (κ3) is 13.1. The lowest BCUT2D eigenvalue weighted by atomic mass is 10.0. The maximum absolute atomic E-state index is 11.9. The number of thioether (sulfide) groups is 1. The average Bonchev–Trinajstić information content (AvgIpc) is 3.38. The van der Waals surface area contributed by atoms with E-state index in [0.717, 1.165) is 25.0 Å². The molecule has 2 aliphatic heterocycles. The van der Waals surface area contributed by atoms with E-state index in [0.29, 0.717) is 90.8 Å². The molecule has 0 aromatic rings. The summed E-state index contributed by atoms with van der Waals surface area (Å²) in [4.78, 5) is 23.3. The Morgan fingerprint density at radius 3 is 2.09 bits per heavy atom. The Labute approximate surface area is 206 Å². The van der Waals surface area contributed by atoms with Crippen LogP contribution in [-0.4, -0.2) is 114 Å². The van der Waals surface area contributed by atoms with Crippen LogP contribution >= 0.6 is 11.8 Å². The second kappa shape index (κ2) is 19.1. The summed E-state index contributed by atoms with van der Waals surface area (Å²) in [7, 11) is 0. The van der Waals surface area contributed by atoms with E-state index in [9.17, 15) is 9.59 Å². The quantitative estimate of drug-likeness (QED) is 0.117. The number of nitrogens with one attached hydrogen (secondary N) is 3. The lowest BCUT2D eigenvalue weighted by Gasteiger charge is -2.16. The maximum atomic E-state index is 11.9. The van der Waals surface area contributed by atoms with Crippen LogP contribution in [0.25, 0.3) is 0 Å². The van der Waals surface area contributed by atoms with Crippen LogP contribution in [-0.2, 0) is 28.5 Å². The molecule has 0 spiro atoms. The highest BCUT2D eigenvalue weighted by Crippen LogP contribution is 2.33. The molecule has 5 N–H and O–H groups in total. The molecule has 3 amide bonds. The smallest absolute Gasteiger partial charge is 0.315 e. The van der Waals surface area contributed by atoms with Gasteiger partial charge in [-0.2, -0.15) is 11.8 Å². The third-order valence-corrected chi connectivity index (χ3v) is 6.91. The van der Waals surface area contributed by atoms with Gasteiger partial charge >= 0.3 is 6.03 Å². The molecule has 2 fully saturated rings. The van der Waals surface area contributed by atoms with E-state index >= 15 is 0 Å². The topological polar surface area (TPSA) is 142 Å². The summed E-state index contributed by atoms with van der Waals surface area (Å²) in [6.07, 6.45) is 3.38. The standard InChI is InChI=1S/C22H42N4O7S/c23-5-7-29-9-11-31-13-15-33-16-14-32-12-10-30-8-6-24-20(27)4-2-1-3-19-21-18(17-34-19)25-22(28)26-21/h18-19,21H,1-17,23H2,(H,24,27)(H2,25,26,28). The van der Waals surface area contributed by atoms with Crippen molar-refractivity contribution < 1.29 is 33.3 Å². The molecule has 198 valence electrons. The van der Waals surface area contributed by atoms with Gasteiger partial charge in [-0.05, 0) is 12.8 Å². The number of amides is 3. The molecule has 2 heterocycles. The summed E-state index contributed by atoms with van der Waals surface area (Å²) in [5, 5.41) is 9.27. The monoisotopic (exact) mass is 506 g/mol. The summed E-state index contributed by atoms with van der Waals surface area (Å²) in [6, 6.07) is 0.436. The van der Waals surface area contributed by atoms with Crippen LogP contribution in [0.4, 0.5) is 4.79 Å². The minimum absolute atomic E-state index is 0.0526. The molecule has 3 atom stereocenters. The summed E-state index contributed by atoms with van der Waals surface area (Å²) >= 11 is 1.91. The van der Waals surface area contributed by atoms with Gasteiger partial charge in [0.2, 0.25) is 5.91 Å². The SMILES string of the molecule is NCCOCCOCCOCCOCCOCCNC(=O)CCCCC1SCC2NC(=O)NC21. The molecule has 0 saturated carbocycles. The number of urea groups is 1. The van der Waals surface area contributed by atoms with E-state index < -0.39 is 0 Å². The molecule has 3 unspecified atom stereocenters. The van der Waals surface area contributed by atoms with Crippen molar-refractivity contribution in [2.75, 3.05) is 84.9 Å². The summed E-state index contributed by atoms with van der Waals surface area (Å²) in [5.74, 6) is 1.02. The largest absolute Gasteiger partial charge is 0.378 e. The van der Waals surface area contributed by atoms with E-state index in [1.54, 1.807) is 0 Å². The highest BCUT2D eigenvalue weighted by atomic mass is 32.2. The third-order valence-electron chi connectivity index (χ3n) is 5.40. The minimum atomic E-state index is -0.0547. The number of hydrogen-bond acceptors (Lipinski definition) is 9. The second-order valence-electron chi connectivity index (χ2n) is 8.07. The zero-order valence-electron chi connectivity index (χ0n) is 20.1. The van der Waals surface area contributed by atoms with Gasteiger partial charge in [0.1, 0.15) is 0 Å². The van der Waals surface area contributed by atoms with Gasteiger partial charge in [-0.25, -0.2) is 4.79 Å². The summed E-state index contributed by atoms with van der Waals surface area (Å²) in [5.41, 5.74) is 5.32. The Kier molecular flexibility index (Phi) is 16.3. The maximum Gasteiger partial charge on any atom is 0.315 e. The first-order valence-electron chi connectivity index (χ1n) is 12.2. The van der Waals surface area contributed by atoms with Crippen LogP contribution in [0.15, 0.2) is 0 Å². The number of carbonyl (C=O) groups excluding carboxylic acids is 2. The average molecular weight is 507 g/mol. The lowest BCUT2D eigenvalue weighted by molar-refractivity contribution is -0.121. The predicted octanol–water partition coefficient (Wildman–Crippen LogP) is -0.130. The molecule has 12 heteroatoms. The van der Waals surface area contributed by atoms with Crippen molar-refractivity contribution in [1.29, 1.82) is 0 Å². The Balaban J connectivity index is 1.26. The van der Waals surface area contributed by atoms with Gasteiger partial charge < -0.3 is 45.4 Å². The van der Waals surface area contributed by atoms with E-state index in [1.807, 2.05) is 11.8 Å². The van der Waals surface area contributed by atoms with Crippen molar-refractivity contribution >= 4 is 23.7 Å². The lowest BCUT2D eigenvalue weighted by Crippen LogP contribution is -2.36. The van der Waals surface area contributed by atoms with Crippen molar-refractivity contribution in [3.8, 4) is 0 Å². The van der Waals surface area contributed by atoms with Crippen molar-refractivity contribution in [3.63, 3.8) is 0 Å². The molecule has 2 rings (SSSR count). The van der Waals surface area contributed by atoms with E-state index in [2.05, 4.69) is 16.0 Å². The molecule has 0 aromatic heterocycles. The fraction of sp³-hybridized carbons (Fsp3) is 0.909. The molecular formula is C22H42N4O7S. The van der Waals surface area contributed by atoms with E-state index in [-0.39, 0.29) is 24.0 Å². The Hall–Kier alpha value is -1.15. The zero-order chi connectivity index (χ0) is 24.3. The highest BCUT2D eigenvalue weighted by molar-refractivity contribution is 8.00. The number of carbonyl (C=O) groups is 2. The van der Waals surface area contributed by atoms with E-state index in [1.165, 1.54) is 0 Å². The first-order valence-corrected chi connectivity index (χ1v) is 13.3. The van der Waals surface area contributed by atoms with Crippen LogP contribution in [0.1, 0.15) is 25.7 Å². The van der Waals surface area contributed by atoms with Gasteiger partial charge in [-0.3, -0.25) is 4.79 Å². The van der Waals surface area contributed by atoms with Gasteiger partial charge in [0.25, 0.3) is 0 Å². The van der Waals surface area contributed by atoms with Crippen molar-refractivity contribution in [1.82, 2.24) is 16.0 Å². The number of fused-ring (bicyclic) bond motifs is 1. The van der Waals surface area contributed by atoms with Gasteiger partial charge in [-0.1, -0.05) is 6.42 Å². The molecule has 0 radical (unpaired) electrons. The Morgan fingerprint density at radius 1 is 0.882 bits per heavy atom. The van der Waals surface area contributed by atoms with Crippen molar-refractivity contribution in [3.05, 3.63) is 0 Å². The molecular weight excluding hydrogens is 464 g/mol. The minimum Gasteiger partial charge on any atom is -0.378 e. The van der Waals surface area contributed by atoms with Crippen molar-refractivity contribution in [2.45, 2.75) is 43.0 Å². The fourth-order valence-corrected chi connectivity index (χ4v) is 5.23. The highest BCUT2D eigenvalue weighted by Gasteiger charge is 2.42. The second-order valence-corrected chi connectivity index (χ2v) is 9.34. The van der Waals surface area contributed by atoms with Gasteiger partial charge in [-0.15, -0.1) is 0 Å². The van der Waals surface area contributed by atoms with Crippen molar-refractivity contribution in [2.24, 2.45) is 5.73 Å². The number of unbranched alkanes of at least 4 members (excludes halogenated alkanes) is 1. The van der Waals surface area contributed by atoms with Gasteiger partial charge in [0.05, 0.1) is 78.2 Å². The number of rotatable bonds is 22. The Morgan fingerprint density at radius 2 is 1.47 bits per heavy atom. The molecule has 0 aromatic carbocycles. The van der Waals surface area contributed by atoms with Gasteiger partial charge in [0, 0.05) is 30.5 Å². The Bertz CT molecular complexity index is 561. The number of ether oxygens (including phenoxy) is 5. The van der Waals surface area contributed by atoms with Crippen LogP contribution in [0.2, 0.25) is 0 Å². The number of nitrogens with two attached hydrogens (primary N) is 1. The first kappa shape index (κ1) is 29.1. The van der Waals surface area contributed by atoms with Crippen LogP contribution in [0.3, 0.4) is 0 Å². The molecule has 2 saturated heterocycles. The molecule has 0 bridgehead atoms. The van der Waals surface area contributed by atoms with Crippen LogP contribution in [0, 0.1) is 0 Å². The normalized spacial score (nSPS) is 21.3. The molecule has 0 aliphatic carbocycles. The van der Waals surface area contributed by atoms with Crippen LogP contribution < -0.4 is 21.7 Å². The summed E-state index contributed by atoms with van der Waals surface area (Å²) < 4.78 is 26.8. The fourth-order valence-electron chi connectivity index (χ4n) is 3.69. The van der Waals surface area contributed by atoms with Gasteiger partial charge in [0.15, 0.2) is 0 Å². The molecule has 11 nitrogen and oxygen atoms in total. The first-order chi connectivity index (χ1) is 16.7. The van der Waals surface area contributed by atoms with Crippen LogP contribution in [0.5, 0.6) is 0 Å². The number of hydrogen-bond donors (Lipinski definition) is 4. The molecule has 2 aliphatic rings. The molecule has 34 heavy (non-hydrogen) atoms.